The summed E-state index contributed by atoms with van der Waals surface area (Å²) >= 11 is 14.3. The van der Waals surface area contributed by atoms with Crippen LogP contribution in [0.5, 0.6) is 5.75 Å². The second-order valence-electron chi connectivity index (χ2n) is 5.77. The number of benzene rings is 3. The van der Waals surface area contributed by atoms with Crippen molar-refractivity contribution in [1.29, 1.82) is 5.26 Å². The Morgan fingerprint density at radius 1 is 1.04 bits per heavy atom. The average Bonchev–Trinajstić information content (AvgIpc) is 2.66. The van der Waals surface area contributed by atoms with Crippen LogP contribution in [0.15, 0.2) is 66.7 Å². The molecular weight excluding hydrogens is 492 g/mol. The summed E-state index contributed by atoms with van der Waals surface area (Å²) in [5.41, 5.74) is 3.24. The minimum atomic E-state index is 0.339. The highest BCUT2D eigenvalue weighted by molar-refractivity contribution is 14.1. The molecule has 0 aliphatic heterocycles. The molecule has 0 saturated carbocycles. The third-order valence-electron chi connectivity index (χ3n) is 3.85. The van der Waals surface area contributed by atoms with Crippen molar-refractivity contribution in [3.63, 3.8) is 0 Å². The molecule has 0 aromatic heterocycles. The SMILES string of the molecule is N#C/C(=C/c1cccc(OCc2ccc(Cl)cc2Cl)c1)c1ccc(I)cc1. The van der Waals surface area contributed by atoms with Crippen LogP contribution in [-0.2, 0) is 6.61 Å². The molecule has 0 heterocycles. The summed E-state index contributed by atoms with van der Waals surface area (Å²) in [7, 11) is 0. The molecule has 0 unspecified atom stereocenters. The quantitative estimate of drug-likeness (QED) is 0.208. The Labute approximate surface area is 182 Å². The van der Waals surface area contributed by atoms with Crippen LogP contribution in [0.3, 0.4) is 0 Å². The van der Waals surface area contributed by atoms with Crippen LogP contribution >= 0.6 is 45.8 Å². The molecule has 3 aromatic rings. The molecule has 27 heavy (non-hydrogen) atoms. The second kappa shape index (κ2) is 9.27. The lowest BCUT2D eigenvalue weighted by Gasteiger charge is -2.09. The lowest BCUT2D eigenvalue weighted by Crippen LogP contribution is -1.96. The minimum Gasteiger partial charge on any atom is -0.489 e. The van der Waals surface area contributed by atoms with Gasteiger partial charge in [-0.3, -0.25) is 0 Å². The Kier molecular flexibility index (Phi) is 6.78. The van der Waals surface area contributed by atoms with Crippen LogP contribution in [0.25, 0.3) is 11.6 Å². The van der Waals surface area contributed by atoms with Crippen molar-refractivity contribution in [2.24, 2.45) is 0 Å². The van der Waals surface area contributed by atoms with Crippen molar-refractivity contribution >= 4 is 57.4 Å². The summed E-state index contributed by atoms with van der Waals surface area (Å²) in [6.07, 6.45) is 1.85. The fourth-order valence-electron chi connectivity index (χ4n) is 2.47. The van der Waals surface area contributed by atoms with Gasteiger partial charge in [-0.15, -0.1) is 0 Å². The highest BCUT2D eigenvalue weighted by Gasteiger charge is 2.05. The largest absolute Gasteiger partial charge is 0.489 e. The van der Waals surface area contributed by atoms with E-state index in [1.54, 1.807) is 12.1 Å². The van der Waals surface area contributed by atoms with E-state index >= 15 is 0 Å². The topological polar surface area (TPSA) is 33.0 Å². The molecule has 5 heteroatoms. The number of rotatable bonds is 5. The van der Waals surface area contributed by atoms with E-state index in [0.29, 0.717) is 28.0 Å². The van der Waals surface area contributed by atoms with E-state index in [2.05, 4.69) is 28.7 Å². The molecule has 0 amide bonds. The lowest BCUT2D eigenvalue weighted by atomic mass is 10.0. The number of hydrogen-bond donors (Lipinski definition) is 0. The van der Waals surface area contributed by atoms with Crippen molar-refractivity contribution in [3.05, 3.63) is 97.0 Å². The third kappa shape index (κ3) is 5.49. The van der Waals surface area contributed by atoms with Gasteiger partial charge in [-0.2, -0.15) is 5.26 Å². The van der Waals surface area contributed by atoms with Gasteiger partial charge in [0.15, 0.2) is 0 Å². The Balaban J connectivity index is 1.78. The maximum Gasteiger partial charge on any atom is 0.120 e. The first-order chi connectivity index (χ1) is 13.0. The smallest absolute Gasteiger partial charge is 0.120 e. The Morgan fingerprint density at radius 3 is 2.52 bits per heavy atom. The van der Waals surface area contributed by atoms with Gasteiger partial charge >= 0.3 is 0 Å². The summed E-state index contributed by atoms with van der Waals surface area (Å²) in [4.78, 5) is 0. The number of ether oxygens (including phenoxy) is 1. The molecule has 0 saturated heterocycles. The molecule has 0 bridgehead atoms. The van der Waals surface area contributed by atoms with E-state index < -0.39 is 0 Å². The van der Waals surface area contributed by atoms with E-state index in [9.17, 15) is 5.26 Å². The fourth-order valence-corrected chi connectivity index (χ4v) is 3.29. The summed E-state index contributed by atoms with van der Waals surface area (Å²) in [6, 6.07) is 23.0. The maximum absolute atomic E-state index is 9.51. The van der Waals surface area contributed by atoms with Gasteiger partial charge in [-0.05, 0) is 76.2 Å². The Bertz CT molecular complexity index is 1020. The van der Waals surface area contributed by atoms with Crippen LogP contribution < -0.4 is 4.74 Å². The minimum absolute atomic E-state index is 0.339. The number of nitrogens with zero attached hydrogens (tertiary/aromatic N) is 1. The van der Waals surface area contributed by atoms with E-state index in [1.807, 2.05) is 60.7 Å². The summed E-state index contributed by atoms with van der Waals surface area (Å²) < 4.78 is 6.98. The van der Waals surface area contributed by atoms with Gasteiger partial charge in [0.05, 0.1) is 11.6 Å². The highest BCUT2D eigenvalue weighted by atomic mass is 127. The number of hydrogen-bond acceptors (Lipinski definition) is 2. The molecule has 0 spiro atoms. The van der Waals surface area contributed by atoms with Crippen molar-refractivity contribution in [2.45, 2.75) is 6.61 Å². The first-order valence-corrected chi connectivity index (χ1v) is 9.93. The van der Waals surface area contributed by atoms with Crippen molar-refractivity contribution in [3.8, 4) is 11.8 Å². The zero-order valence-corrected chi connectivity index (χ0v) is 17.8. The van der Waals surface area contributed by atoms with Crippen LogP contribution in [0.2, 0.25) is 10.0 Å². The molecular formula is C22H14Cl2INO. The lowest BCUT2D eigenvalue weighted by molar-refractivity contribution is 0.306. The van der Waals surface area contributed by atoms with Gasteiger partial charge in [0, 0.05) is 19.2 Å². The van der Waals surface area contributed by atoms with E-state index in [-0.39, 0.29) is 0 Å². The molecule has 0 radical (unpaired) electrons. The first kappa shape index (κ1) is 19.8. The molecule has 0 aliphatic rings. The van der Waals surface area contributed by atoms with Gasteiger partial charge in [0.2, 0.25) is 0 Å². The van der Waals surface area contributed by atoms with Gasteiger partial charge in [-0.25, -0.2) is 0 Å². The van der Waals surface area contributed by atoms with Crippen molar-refractivity contribution in [2.75, 3.05) is 0 Å². The second-order valence-corrected chi connectivity index (χ2v) is 7.86. The molecule has 0 fully saturated rings. The Morgan fingerprint density at radius 2 is 1.81 bits per heavy atom. The molecule has 0 N–H and O–H groups in total. The fraction of sp³-hybridized carbons (Fsp3) is 0.0455. The van der Waals surface area contributed by atoms with Crippen molar-refractivity contribution in [1.82, 2.24) is 0 Å². The number of nitriles is 1. The highest BCUT2D eigenvalue weighted by Crippen LogP contribution is 2.24. The molecule has 3 rings (SSSR count). The van der Waals surface area contributed by atoms with Gasteiger partial charge in [0.25, 0.3) is 0 Å². The summed E-state index contributed by atoms with van der Waals surface area (Å²) in [5, 5.41) is 10.7. The monoisotopic (exact) mass is 505 g/mol. The maximum atomic E-state index is 9.51. The molecule has 134 valence electrons. The molecule has 0 aliphatic carbocycles. The van der Waals surface area contributed by atoms with E-state index in [4.69, 9.17) is 27.9 Å². The number of halogens is 3. The molecule has 0 atom stereocenters. The number of allylic oxidation sites excluding steroid dienone is 1. The zero-order chi connectivity index (χ0) is 19.2. The predicted molar refractivity (Wildman–Crippen MR) is 120 cm³/mol. The van der Waals surface area contributed by atoms with Gasteiger partial charge < -0.3 is 4.74 Å². The van der Waals surface area contributed by atoms with Crippen LogP contribution in [0, 0.1) is 14.9 Å². The normalized spacial score (nSPS) is 11.1. The average molecular weight is 506 g/mol. The Hall–Kier alpha value is -2.00. The predicted octanol–water partition coefficient (Wildman–Crippen LogP) is 7.24. The standard InChI is InChI=1S/C22H14Cl2INO/c23-19-7-4-17(22(24)12-19)14-27-21-3-1-2-15(11-21)10-18(13-26)16-5-8-20(25)9-6-16/h1-12H,14H2/b18-10-. The first-order valence-electron chi connectivity index (χ1n) is 8.10. The summed E-state index contributed by atoms with van der Waals surface area (Å²) in [5.74, 6) is 0.703. The van der Waals surface area contributed by atoms with Crippen molar-refractivity contribution < 1.29 is 4.74 Å². The van der Waals surface area contributed by atoms with Crippen LogP contribution in [0.4, 0.5) is 0 Å². The van der Waals surface area contributed by atoms with Crippen LogP contribution in [0.1, 0.15) is 16.7 Å². The third-order valence-corrected chi connectivity index (χ3v) is 5.16. The molecule has 3 aromatic carbocycles. The zero-order valence-electron chi connectivity index (χ0n) is 14.1. The van der Waals surface area contributed by atoms with E-state index in [0.717, 1.165) is 20.3 Å². The van der Waals surface area contributed by atoms with Crippen LogP contribution in [-0.4, -0.2) is 0 Å². The van der Waals surface area contributed by atoms with Gasteiger partial charge in [0.1, 0.15) is 12.4 Å². The summed E-state index contributed by atoms with van der Waals surface area (Å²) in [6.45, 7) is 0.339. The van der Waals surface area contributed by atoms with E-state index in [1.165, 1.54) is 0 Å². The molecule has 2 nitrogen and oxygen atoms in total. The van der Waals surface area contributed by atoms with Gasteiger partial charge in [-0.1, -0.05) is 53.5 Å².